The molecule has 0 radical (unpaired) electrons. The minimum atomic E-state index is -4.66. The molecular weight excluding hydrogens is 742 g/mol. The number of likely N-dealkylation sites (tertiary alicyclic amines) is 1. The number of nitrogens with zero attached hydrogens (tertiary/aromatic N) is 5. The third-order valence-electron chi connectivity index (χ3n) is 8.51. The van der Waals surface area contributed by atoms with E-state index in [0.717, 1.165) is 0 Å². The van der Waals surface area contributed by atoms with Crippen LogP contribution in [0.5, 0.6) is 5.75 Å². The zero-order valence-electron chi connectivity index (χ0n) is 32.5. The number of hydrogen-bond acceptors (Lipinski definition) is 11. The molecule has 18 heteroatoms. The standard InChI is InChI=1S/C38H47F4N7O7/c1-21(2)30(45-35(52)56-37(6,7)8)33(50)54-16-15-53-28-18-27-22(17-25(28)39)9-11-26(44-27)32-47-46-29-12-10-23(19-49(29)32)31(38(40,41)42)48-14-13-24(20-48)43-34(51)55-36(3,4)5/h9-12,17-19,21,24,30-31H,13-16,20H2,1-8H3,(H,43,51)(H,45,52)/t24-,30?,31+/m0/s1. The summed E-state index contributed by atoms with van der Waals surface area (Å²) in [6.45, 7) is 13.2. The van der Waals surface area contributed by atoms with Crippen molar-refractivity contribution in [2.45, 2.75) is 97.3 Å². The molecule has 0 aliphatic carbocycles. The van der Waals surface area contributed by atoms with Crippen LogP contribution in [0.2, 0.25) is 0 Å². The molecule has 4 aromatic rings. The number of carbonyl (C=O) groups excluding carboxylic acids is 3. The van der Waals surface area contributed by atoms with Crippen molar-refractivity contribution in [3.63, 3.8) is 0 Å². The fraction of sp³-hybridized carbons (Fsp3) is 0.526. The first-order valence-corrected chi connectivity index (χ1v) is 18.1. The summed E-state index contributed by atoms with van der Waals surface area (Å²) in [4.78, 5) is 43.1. The number of amides is 2. The van der Waals surface area contributed by atoms with Crippen molar-refractivity contribution in [2.24, 2.45) is 5.92 Å². The predicted molar refractivity (Wildman–Crippen MR) is 196 cm³/mol. The SMILES string of the molecule is CC(C)C(NC(=O)OC(C)(C)C)C(=O)OCCOc1cc2nc(-c3nnc4ccc([C@@H](N5CC[C@H](NC(=O)OC(C)(C)C)C5)C(F)(F)F)cn34)ccc2cc1F. The highest BCUT2D eigenvalue weighted by Crippen LogP contribution is 2.40. The maximum Gasteiger partial charge on any atom is 0.408 e. The van der Waals surface area contributed by atoms with E-state index in [9.17, 15) is 27.6 Å². The first kappa shape index (κ1) is 41.9. The van der Waals surface area contributed by atoms with Gasteiger partial charge in [-0.2, -0.15) is 13.2 Å². The van der Waals surface area contributed by atoms with E-state index >= 15 is 4.39 Å². The zero-order valence-corrected chi connectivity index (χ0v) is 32.5. The number of hydrogen-bond donors (Lipinski definition) is 2. The molecule has 1 aliphatic heterocycles. The van der Waals surface area contributed by atoms with Crippen molar-refractivity contribution >= 4 is 34.7 Å². The third-order valence-corrected chi connectivity index (χ3v) is 8.51. The number of alkyl halides is 3. The summed E-state index contributed by atoms with van der Waals surface area (Å²) in [6.07, 6.45) is -4.51. The van der Waals surface area contributed by atoms with E-state index in [1.54, 1.807) is 67.5 Å². The Morgan fingerprint density at radius 3 is 2.29 bits per heavy atom. The van der Waals surface area contributed by atoms with Crippen LogP contribution >= 0.6 is 0 Å². The molecule has 0 bridgehead atoms. The van der Waals surface area contributed by atoms with E-state index in [-0.39, 0.29) is 60.7 Å². The molecule has 3 aromatic heterocycles. The second-order valence-corrected chi connectivity index (χ2v) is 15.8. The van der Waals surface area contributed by atoms with Gasteiger partial charge in [0.2, 0.25) is 0 Å². The van der Waals surface area contributed by atoms with E-state index in [2.05, 4.69) is 25.8 Å². The minimum Gasteiger partial charge on any atom is -0.487 e. The van der Waals surface area contributed by atoms with Crippen LogP contribution in [0, 0.1) is 11.7 Å². The number of ether oxygens (including phenoxy) is 4. The van der Waals surface area contributed by atoms with Gasteiger partial charge < -0.3 is 29.6 Å². The Morgan fingerprint density at radius 1 is 0.929 bits per heavy atom. The number of halogens is 4. The molecule has 1 aromatic carbocycles. The first-order chi connectivity index (χ1) is 26.1. The Hall–Kier alpha value is -5.26. The molecule has 1 fully saturated rings. The van der Waals surface area contributed by atoms with Gasteiger partial charge in [-0.25, -0.2) is 23.8 Å². The highest BCUT2D eigenvalue weighted by molar-refractivity contribution is 5.83. The quantitative estimate of drug-likeness (QED) is 0.0716. The number of nitrogens with one attached hydrogen (secondary N) is 2. The second-order valence-electron chi connectivity index (χ2n) is 15.8. The maximum absolute atomic E-state index is 15.0. The lowest BCUT2D eigenvalue weighted by atomic mass is 10.1. The largest absolute Gasteiger partial charge is 0.487 e. The first-order valence-electron chi connectivity index (χ1n) is 18.1. The predicted octanol–water partition coefficient (Wildman–Crippen LogP) is 6.76. The van der Waals surface area contributed by atoms with Gasteiger partial charge in [0.25, 0.3) is 0 Å². The molecule has 304 valence electrons. The van der Waals surface area contributed by atoms with Crippen LogP contribution in [-0.2, 0) is 19.0 Å². The summed E-state index contributed by atoms with van der Waals surface area (Å²) in [7, 11) is 0. The molecule has 3 atom stereocenters. The van der Waals surface area contributed by atoms with Crippen LogP contribution in [0.15, 0.2) is 42.6 Å². The van der Waals surface area contributed by atoms with Gasteiger partial charge in [-0.1, -0.05) is 26.0 Å². The van der Waals surface area contributed by atoms with Crippen molar-refractivity contribution in [3.8, 4) is 17.3 Å². The summed E-state index contributed by atoms with van der Waals surface area (Å²) < 4.78 is 81.8. The van der Waals surface area contributed by atoms with Gasteiger partial charge in [0.05, 0.1) is 5.52 Å². The number of carbonyl (C=O) groups is 3. The van der Waals surface area contributed by atoms with Crippen molar-refractivity contribution in [1.29, 1.82) is 0 Å². The van der Waals surface area contributed by atoms with E-state index in [4.69, 9.17) is 18.9 Å². The topological polar surface area (TPSA) is 159 Å². The van der Waals surface area contributed by atoms with Crippen LogP contribution in [-0.4, -0.2) is 98.4 Å². The van der Waals surface area contributed by atoms with Crippen LogP contribution in [0.25, 0.3) is 28.1 Å². The Bertz CT molecular complexity index is 2060. The molecule has 1 saturated heterocycles. The van der Waals surface area contributed by atoms with Crippen molar-refractivity contribution < 1.29 is 50.9 Å². The van der Waals surface area contributed by atoms with Gasteiger partial charge in [-0.15, -0.1) is 10.2 Å². The van der Waals surface area contributed by atoms with Gasteiger partial charge in [-0.05, 0) is 77.6 Å². The Morgan fingerprint density at radius 2 is 1.62 bits per heavy atom. The fourth-order valence-corrected chi connectivity index (χ4v) is 6.14. The highest BCUT2D eigenvalue weighted by Gasteiger charge is 2.47. The summed E-state index contributed by atoms with van der Waals surface area (Å²) in [6, 6.07) is 4.96. The third kappa shape index (κ3) is 10.7. The van der Waals surface area contributed by atoms with Gasteiger partial charge in [0, 0.05) is 36.8 Å². The van der Waals surface area contributed by atoms with E-state index in [1.807, 2.05) is 0 Å². The second kappa shape index (κ2) is 16.5. The monoisotopic (exact) mass is 789 g/mol. The minimum absolute atomic E-state index is 0.0457. The van der Waals surface area contributed by atoms with Gasteiger partial charge >= 0.3 is 24.3 Å². The lowest BCUT2D eigenvalue weighted by Crippen LogP contribution is -2.47. The lowest BCUT2D eigenvalue weighted by Gasteiger charge is -2.30. The van der Waals surface area contributed by atoms with E-state index in [0.29, 0.717) is 17.3 Å². The van der Waals surface area contributed by atoms with E-state index < -0.39 is 59.5 Å². The van der Waals surface area contributed by atoms with Crippen LogP contribution in [0.3, 0.4) is 0 Å². The molecule has 1 aliphatic rings. The van der Waals surface area contributed by atoms with Gasteiger partial charge in [0.1, 0.15) is 42.2 Å². The highest BCUT2D eigenvalue weighted by atomic mass is 19.4. The van der Waals surface area contributed by atoms with E-state index in [1.165, 1.54) is 39.8 Å². The number of aromatic nitrogens is 4. The summed E-state index contributed by atoms with van der Waals surface area (Å²) >= 11 is 0. The van der Waals surface area contributed by atoms with Gasteiger partial charge in [0.15, 0.2) is 23.0 Å². The molecule has 14 nitrogen and oxygen atoms in total. The molecule has 0 saturated carbocycles. The van der Waals surface area contributed by atoms with Crippen molar-refractivity contribution in [2.75, 3.05) is 26.3 Å². The molecule has 4 heterocycles. The Labute approximate surface area is 321 Å². The average molecular weight is 790 g/mol. The summed E-state index contributed by atoms with van der Waals surface area (Å²) in [5.74, 6) is -1.77. The smallest absolute Gasteiger partial charge is 0.408 e. The average Bonchev–Trinajstić information content (AvgIpc) is 3.69. The number of benzene rings is 1. The summed E-state index contributed by atoms with van der Waals surface area (Å²) in [5, 5.41) is 13.9. The van der Waals surface area contributed by atoms with Crippen LogP contribution in [0.4, 0.5) is 27.2 Å². The zero-order chi connectivity index (χ0) is 41.2. The molecular formula is C38H47F4N7O7. The number of fused-ring (bicyclic) bond motifs is 2. The number of rotatable bonds is 11. The molecule has 0 spiro atoms. The molecule has 2 amide bonds. The number of alkyl carbamates (subject to hydrolysis) is 2. The van der Waals surface area contributed by atoms with Crippen LogP contribution < -0.4 is 15.4 Å². The molecule has 5 rings (SSSR count). The van der Waals surface area contributed by atoms with Crippen molar-refractivity contribution in [3.05, 3.63) is 54.0 Å². The Kier molecular flexibility index (Phi) is 12.3. The number of esters is 1. The normalized spacial score (nSPS) is 16.5. The van der Waals surface area contributed by atoms with Gasteiger partial charge in [-0.3, -0.25) is 9.30 Å². The van der Waals surface area contributed by atoms with Crippen LogP contribution in [0.1, 0.15) is 73.4 Å². The number of pyridine rings is 2. The molecule has 56 heavy (non-hydrogen) atoms. The summed E-state index contributed by atoms with van der Waals surface area (Å²) in [5.41, 5.74) is -0.772. The van der Waals surface area contributed by atoms with Crippen molar-refractivity contribution in [1.82, 2.24) is 35.1 Å². The lowest BCUT2D eigenvalue weighted by molar-refractivity contribution is -0.184. The maximum atomic E-state index is 15.0. The Balaban J connectivity index is 1.30. The molecule has 1 unspecified atom stereocenters. The fourth-order valence-electron chi connectivity index (χ4n) is 6.14. The molecule has 2 N–H and O–H groups in total.